The first-order valence-electron chi connectivity index (χ1n) is 5.50. The smallest absolute Gasteiger partial charge is 0.256 e. The van der Waals surface area contributed by atoms with Gasteiger partial charge in [-0.15, -0.1) is 0 Å². The molecule has 0 heterocycles. The second-order valence-electron chi connectivity index (χ2n) is 4.01. The molecule has 0 radical (unpaired) electrons. The third-order valence-corrected chi connectivity index (χ3v) is 3.56. The fraction of sp³-hybridized carbons (Fsp3) is 0.0714. The van der Waals surface area contributed by atoms with Gasteiger partial charge >= 0.3 is 0 Å². The maximum Gasteiger partial charge on any atom is 0.256 e. The second-order valence-corrected chi connectivity index (χ2v) is 5.17. The van der Waals surface area contributed by atoms with Gasteiger partial charge in [0.15, 0.2) is 0 Å². The summed E-state index contributed by atoms with van der Waals surface area (Å²) in [6.45, 7) is 1.92. The Morgan fingerprint density at radius 1 is 1.22 bits per heavy atom. The lowest BCUT2D eigenvalue weighted by Gasteiger charge is -2.10. The lowest BCUT2D eigenvalue weighted by molar-refractivity contribution is 0.102. The maximum absolute atomic E-state index is 12.1. The van der Waals surface area contributed by atoms with Gasteiger partial charge in [-0.1, -0.05) is 12.1 Å². The van der Waals surface area contributed by atoms with Gasteiger partial charge in [0.05, 0.1) is 5.56 Å². The van der Waals surface area contributed by atoms with Crippen LogP contribution >= 0.6 is 22.6 Å². The molecule has 0 saturated carbocycles. The molecule has 4 heteroatoms. The Bertz CT molecular complexity index is 596. The molecule has 1 amide bonds. The number of carbonyl (C=O) groups is 1. The normalized spacial score (nSPS) is 10.1. The van der Waals surface area contributed by atoms with Gasteiger partial charge in [-0.25, -0.2) is 0 Å². The first-order valence-corrected chi connectivity index (χ1v) is 6.58. The van der Waals surface area contributed by atoms with Gasteiger partial charge in [0.2, 0.25) is 0 Å². The number of carbonyl (C=O) groups excluding carboxylic acids is 1. The number of benzene rings is 2. The third kappa shape index (κ3) is 2.81. The summed E-state index contributed by atoms with van der Waals surface area (Å²) in [6, 6.07) is 12.9. The zero-order chi connectivity index (χ0) is 13.1. The molecule has 18 heavy (non-hydrogen) atoms. The molecule has 2 aromatic carbocycles. The van der Waals surface area contributed by atoms with E-state index in [4.69, 9.17) is 5.73 Å². The van der Waals surface area contributed by atoms with Crippen LogP contribution < -0.4 is 11.1 Å². The molecule has 0 fully saturated rings. The van der Waals surface area contributed by atoms with E-state index in [2.05, 4.69) is 27.9 Å². The van der Waals surface area contributed by atoms with Crippen LogP contribution in [0.2, 0.25) is 0 Å². The summed E-state index contributed by atoms with van der Waals surface area (Å²) in [4.78, 5) is 12.1. The van der Waals surface area contributed by atoms with Crippen molar-refractivity contribution >= 4 is 39.9 Å². The molecular weight excluding hydrogens is 339 g/mol. The fourth-order valence-electron chi connectivity index (χ4n) is 1.66. The summed E-state index contributed by atoms with van der Waals surface area (Å²) in [5.41, 5.74) is 8.79. The SMILES string of the molecule is Cc1cc(N)ccc1NC(=O)c1ccccc1I. The quantitative estimate of drug-likeness (QED) is 0.643. The number of nitrogens with one attached hydrogen (secondary N) is 1. The summed E-state index contributed by atoms with van der Waals surface area (Å²) in [7, 11) is 0. The van der Waals surface area contributed by atoms with Crippen molar-refractivity contribution in [2.24, 2.45) is 0 Å². The fourth-order valence-corrected chi connectivity index (χ4v) is 2.29. The van der Waals surface area contributed by atoms with E-state index in [1.165, 1.54) is 0 Å². The minimum absolute atomic E-state index is 0.104. The predicted molar refractivity (Wildman–Crippen MR) is 82.7 cm³/mol. The Labute approximate surface area is 120 Å². The van der Waals surface area contributed by atoms with Crippen molar-refractivity contribution < 1.29 is 4.79 Å². The molecule has 0 aliphatic heterocycles. The lowest BCUT2D eigenvalue weighted by Crippen LogP contribution is -2.14. The molecule has 0 saturated heterocycles. The van der Waals surface area contributed by atoms with Crippen molar-refractivity contribution in [2.45, 2.75) is 6.92 Å². The number of hydrogen-bond acceptors (Lipinski definition) is 2. The minimum Gasteiger partial charge on any atom is -0.399 e. The largest absolute Gasteiger partial charge is 0.399 e. The van der Waals surface area contributed by atoms with E-state index >= 15 is 0 Å². The molecule has 3 N–H and O–H groups in total. The zero-order valence-corrected chi connectivity index (χ0v) is 12.1. The number of nitrogen functional groups attached to an aromatic ring is 1. The average Bonchev–Trinajstić information content (AvgIpc) is 2.33. The van der Waals surface area contributed by atoms with Crippen molar-refractivity contribution in [3.8, 4) is 0 Å². The maximum atomic E-state index is 12.1. The molecule has 0 aliphatic carbocycles. The molecule has 2 rings (SSSR count). The van der Waals surface area contributed by atoms with Gasteiger partial charge in [0.25, 0.3) is 5.91 Å². The van der Waals surface area contributed by atoms with Gasteiger partial charge < -0.3 is 11.1 Å². The van der Waals surface area contributed by atoms with Crippen molar-refractivity contribution in [2.75, 3.05) is 11.1 Å². The van der Waals surface area contributed by atoms with Gasteiger partial charge in [-0.3, -0.25) is 4.79 Å². The molecule has 0 aliphatic rings. The first kappa shape index (κ1) is 12.9. The van der Waals surface area contributed by atoms with Crippen LogP contribution in [-0.4, -0.2) is 5.91 Å². The summed E-state index contributed by atoms with van der Waals surface area (Å²) in [5, 5.41) is 2.90. The van der Waals surface area contributed by atoms with Gasteiger partial charge in [-0.05, 0) is 65.4 Å². The van der Waals surface area contributed by atoms with E-state index in [0.717, 1.165) is 14.8 Å². The average molecular weight is 352 g/mol. The van der Waals surface area contributed by atoms with Crippen molar-refractivity contribution in [1.82, 2.24) is 0 Å². The van der Waals surface area contributed by atoms with E-state index in [1.54, 1.807) is 6.07 Å². The number of anilines is 2. The lowest BCUT2D eigenvalue weighted by atomic mass is 10.1. The summed E-state index contributed by atoms with van der Waals surface area (Å²) < 4.78 is 0.931. The highest BCUT2D eigenvalue weighted by atomic mass is 127. The molecule has 0 aromatic heterocycles. The minimum atomic E-state index is -0.104. The molecule has 0 bridgehead atoms. The number of halogens is 1. The molecule has 0 atom stereocenters. The Morgan fingerprint density at radius 2 is 1.94 bits per heavy atom. The first-order chi connectivity index (χ1) is 8.58. The standard InChI is InChI=1S/C14H13IN2O/c1-9-8-10(16)6-7-13(9)17-14(18)11-4-2-3-5-12(11)15/h2-8H,16H2,1H3,(H,17,18). The number of rotatable bonds is 2. The number of aryl methyl sites for hydroxylation is 1. The second kappa shape index (κ2) is 5.39. The van der Waals surface area contributed by atoms with Crippen LogP contribution in [0.25, 0.3) is 0 Å². The third-order valence-electron chi connectivity index (χ3n) is 2.62. The summed E-state index contributed by atoms with van der Waals surface area (Å²) >= 11 is 2.15. The van der Waals surface area contributed by atoms with Crippen LogP contribution in [0, 0.1) is 10.5 Å². The van der Waals surface area contributed by atoms with E-state index in [9.17, 15) is 4.79 Å². The summed E-state index contributed by atoms with van der Waals surface area (Å²) in [5.74, 6) is -0.104. The molecule has 2 aromatic rings. The van der Waals surface area contributed by atoms with Crippen LogP contribution in [-0.2, 0) is 0 Å². The van der Waals surface area contributed by atoms with E-state index in [0.29, 0.717) is 11.3 Å². The van der Waals surface area contributed by atoms with Crippen LogP contribution in [0.3, 0.4) is 0 Å². The number of nitrogens with two attached hydrogens (primary N) is 1. The number of hydrogen-bond donors (Lipinski definition) is 2. The molecule has 0 spiro atoms. The van der Waals surface area contributed by atoms with Crippen molar-refractivity contribution in [1.29, 1.82) is 0 Å². The Hall–Kier alpha value is -1.56. The summed E-state index contributed by atoms with van der Waals surface area (Å²) in [6.07, 6.45) is 0. The molecule has 3 nitrogen and oxygen atoms in total. The zero-order valence-electron chi connectivity index (χ0n) is 9.91. The van der Waals surface area contributed by atoms with E-state index in [-0.39, 0.29) is 5.91 Å². The van der Waals surface area contributed by atoms with Gasteiger partial charge in [0, 0.05) is 14.9 Å². The molecule has 92 valence electrons. The molecule has 0 unspecified atom stereocenters. The van der Waals surface area contributed by atoms with Crippen LogP contribution in [0.4, 0.5) is 11.4 Å². The van der Waals surface area contributed by atoms with Crippen LogP contribution in [0.1, 0.15) is 15.9 Å². The van der Waals surface area contributed by atoms with E-state index < -0.39 is 0 Å². The van der Waals surface area contributed by atoms with Gasteiger partial charge in [-0.2, -0.15) is 0 Å². The monoisotopic (exact) mass is 352 g/mol. The van der Waals surface area contributed by atoms with Crippen LogP contribution in [0.5, 0.6) is 0 Å². The molecular formula is C14H13IN2O. The number of amides is 1. The Balaban J connectivity index is 2.24. The van der Waals surface area contributed by atoms with Crippen molar-refractivity contribution in [3.63, 3.8) is 0 Å². The van der Waals surface area contributed by atoms with Crippen LogP contribution in [0.15, 0.2) is 42.5 Å². The predicted octanol–water partition coefficient (Wildman–Crippen LogP) is 3.43. The highest BCUT2D eigenvalue weighted by Crippen LogP contribution is 2.19. The van der Waals surface area contributed by atoms with Gasteiger partial charge in [0.1, 0.15) is 0 Å². The Kier molecular flexibility index (Phi) is 3.86. The van der Waals surface area contributed by atoms with E-state index in [1.807, 2.05) is 43.3 Å². The Morgan fingerprint density at radius 3 is 2.61 bits per heavy atom. The highest BCUT2D eigenvalue weighted by Gasteiger charge is 2.10. The van der Waals surface area contributed by atoms with Crippen molar-refractivity contribution in [3.05, 3.63) is 57.2 Å². The highest BCUT2D eigenvalue weighted by molar-refractivity contribution is 14.1. The topological polar surface area (TPSA) is 55.1 Å².